The molecule has 0 saturated carbocycles. The van der Waals surface area contributed by atoms with Gasteiger partial charge in [0.25, 0.3) is 0 Å². The van der Waals surface area contributed by atoms with Crippen LogP contribution in [0, 0.1) is 0 Å². The van der Waals surface area contributed by atoms with Gasteiger partial charge in [-0.05, 0) is 0 Å². The molecule has 0 amide bonds. The summed E-state index contributed by atoms with van der Waals surface area (Å²) in [6, 6.07) is 11.4. The molecular weight excluding hydrogens is 712 g/mol. The third kappa shape index (κ3) is 30.7. The van der Waals surface area contributed by atoms with Crippen LogP contribution in [0.4, 0.5) is 0 Å². The monoisotopic (exact) mass is 818 g/mol. The Morgan fingerprint density at radius 2 is 0.464 bits per heavy atom. The Kier molecular flexibility index (Phi) is 38.5. The van der Waals surface area contributed by atoms with E-state index in [0.29, 0.717) is 0 Å². The van der Waals surface area contributed by atoms with E-state index >= 15 is 0 Å². The van der Waals surface area contributed by atoms with Crippen molar-refractivity contribution >= 4 is 0 Å². The summed E-state index contributed by atoms with van der Waals surface area (Å²) in [5.74, 6) is 1.22. The van der Waals surface area contributed by atoms with Crippen molar-refractivity contribution < 1.29 is 19.0 Å². The van der Waals surface area contributed by atoms with Crippen LogP contribution in [0.5, 0.6) is 5.75 Å². The van der Waals surface area contributed by atoms with E-state index in [9.17, 15) is 0 Å². The van der Waals surface area contributed by atoms with E-state index in [4.69, 9.17) is 3.32 Å². The van der Waals surface area contributed by atoms with E-state index in [1.165, 1.54) is 281 Å². The van der Waals surface area contributed by atoms with Gasteiger partial charge in [-0.1, -0.05) is 0 Å². The fourth-order valence-electron chi connectivity index (χ4n) is 10.0. The van der Waals surface area contributed by atoms with Crippen molar-refractivity contribution in [3.63, 3.8) is 0 Å². The average Bonchev–Trinajstić information content (AvgIpc) is 3.21. The first-order valence-corrected chi connectivity index (χ1v) is 31.6. The van der Waals surface area contributed by atoms with Crippen LogP contribution in [0.25, 0.3) is 0 Å². The maximum absolute atomic E-state index is 7.91. The van der Waals surface area contributed by atoms with Crippen molar-refractivity contribution in [1.82, 2.24) is 0 Å². The number of unbranched alkanes of at least 4 members (excludes halogenated alkanes) is 36. The molecule has 0 heterocycles. The second-order valence-corrected chi connectivity index (χ2v) is 29.2. The fraction of sp³-hybridized carbons (Fsp3) is 0.889. The summed E-state index contributed by atoms with van der Waals surface area (Å²) < 4.78 is 13.7. The van der Waals surface area contributed by atoms with E-state index in [1.54, 1.807) is 0 Å². The van der Waals surface area contributed by atoms with Crippen molar-refractivity contribution in [2.45, 2.75) is 303 Å². The molecule has 0 spiro atoms. The second kappa shape index (κ2) is 40.2. The molecule has 0 radical (unpaired) electrons. The summed E-state index contributed by atoms with van der Waals surface area (Å²) >= 11 is -3.41. The Balaban J connectivity index is 3.07. The third-order valence-electron chi connectivity index (χ3n) is 13.8. The van der Waals surface area contributed by atoms with Gasteiger partial charge in [-0.15, -0.1) is 0 Å². The predicted molar refractivity (Wildman–Crippen MR) is 254 cm³/mol. The molecule has 0 aliphatic heterocycles. The summed E-state index contributed by atoms with van der Waals surface area (Å²) in [5, 5.41) is 0. The van der Waals surface area contributed by atoms with Crippen molar-refractivity contribution in [3.8, 4) is 5.75 Å². The van der Waals surface area contributed by atoms with Crippen LogP contribution >= 0.6 is 0 Å². The molecule has 0 aromatic heterocycles. The summed E-state index contributed by atoms with van der Waals surface area (Å²) in [7, 11) is 0. The van der Waals surface area contributed by atoms with E-state index < -0.39 is 15.7 Å². The third-order valence-corrected chi connectivity index (χ3v) is 25.2. The molecular formula is C54H105OTi. The summed E-state index contributed by atoms with van der Waals surface area (Å²) in [6.07, 6.45) is 57.3. The van der Waals surface area contributed by atoms with Gasteiger partial charge < -0.3 is 0 Å². The van der Waals surface area contributed by atoms with Crippen LogP contribution in [0.2, 0.25) is 18.9 Å². The fourth-order valence-corrected chi connectivity index (χ4v) is 21.4. The van der Waals surface area contributed by atoms with Gasteiger partial charge in [0.1, 0.15) is 0 Å². The molecule has 0 fully saturated rings. The zero-order chi connectivity index (χ0) is 40.4. The Bertz CT molecular complexity index is 789. The number of benzene rings is 1. The van der Waals surface area contributed by atoms with Crippen molar-refractivity contribution in [2.24, 2.45) is 0 Å². The molecule has 1 rings (SSSR count). The van der Waals surface area contributed by atoms with Gasteiger partial charge in [-0.3, -0.25) is 0 Å². The van der Waals surface area contributed by atoms with E-state index in [-0.39, 0.29) is 0 Å². The Hall–Kier alpha value is -0.266. The van der Waals surface area contributed by atoms with Gasteiger partial charge in [-0.25, -0.2) is 0 Å². The first-order chi connectivity index (χ1) is 27.6. The minimum absolute atomic E-state index is 1.22. The van der Waals surface area contributed by atoms with E-state index in [1.807, 2.05) is 0 Å². The molecule has 0 atom stereocenters. The van der Waals surface area contributed by atoms with Gasteiger partial charge in [0.2, 0.25) is 0 Å². The molecule has 0 saturated heterocycles. The van der Waals surface area contributed by atoms with Gasteiger partial charge in [0, 0.05) is 0 Å². The summed E-state index contributed by atoms with van der Waals surface area (Å²) in [6.45, 7) is 9.34. The zero-order valence-corrected chi connectivity index (χ0v) is 41.0. The van der Waals surface area contributed by atoms with E-state index in [2.05, 4.69) is 58.0 Å². The molecule has 1 aromatic carbocycles. The maximum atomic E-state index is 7.91. The van der Waals surface area contributed by atoms with Crippen LogP contribution in [-0.2, 0) is 15.7 Å². The van der Waals surface area contributed by atoms with Gasteiger partial charge in [0.05, 0.1) is 0 Å². The van der Waals surface area contributed by atoms with E-state index in [0.717, 1.165) is 0 Å². The zero-order valence-electron chi connectivity index (χ0n) is 39.4. The molecule has 2 heteroatoms. The molecule has 331 valence electrons. The Morgan fingerprint density at radius 3 is 0.679 bits per heavy atom. The number of rotatable bonds is 46. The molecule has 56 heavy (non-hydrogen) atoms. The average molecular weight is 818 g/mol. The molecule has 0 bridgehead atoms. The van der Waals surface area contributed by atoms with Gasteiger partial charge in [0.15, 0.2) is 0 Å². The van der Waals surface area contributed by atoms with Crippen molar-refractivity contribution in [2.75, 3.05) is 0 Å². The first-order valence-electron chi connectivity index (χ1n) is 26.6. The van der Waals surface area contributed by atoms with Crippen LogP contribution in [0.1, 0.15) is 285 Å². The molecule has 0 N–H and O–H groups in total. The van der Waals surface area contributed by atoms with Crippen molar-refractivity contribution in [3.05, 3.63) is 30.3 Å². The van der Waals surface area contributed by atoms with Gasteiger partial charge >= 0.3 is 359 Å². The number of para-hydroxylation sites is 1. The second-order valence-electron chi connectivity index (χ2n) is 19.2. The first kappa shape index (κ1) is 53.8. The Labute approximate surface area is 356 Å². The summed E-state index contributed by atoms with van der Waals surface area (Å²) in [5.41, 5.74) is 0. The predicted octanol–water partition coefficient (Wildman–Crippen LogP) is 21.0. The topological polar surface area (TPSA) is 9.23 Å². The van der Waals surface area contributed by atoms with Gasteiger partial charge in [-0.2, -0.15) is 0 Å². The SMILES string of the molecule is CCCCCCCCCCC[CH2][Ti]([CH2]CCCCCCCCCCC)([CH2]CCCCCCCCCCC)([CH2]CCCCCCCCCCC)[O]c1ccccc1. The quantitative estimate of drug-likeness (QED) is 0.0470. The Morgan fingerprint density at radius 1 is 0.268 bits per heavy atom. The summed E-state index contributed by atoms with van der Waals surface area (Å²) in [4.78, 5) is 0. The molecule has 0 unspecified atom stereocenters. The normalized spacial score (nSPS) is 12.6. The minimum atomic E-state index is -3.41. The number of hydrogen-bond acceptors (Lipinski definition) is 1. The molecule has 0 aliphatic carbocycles. The van der Waals surface area contributed by atoms with Crippen LogP contribution in [0.3, 0.4) is 0 Å². The molecule has 0 aliphatic rings. The van der Waals surface area contributed by atoms with Crippen LogP contribution in [-0.4, -0.2) is 0 Å². The number of hydrogen-bond donors (Lipinski definition) is 0. The standard InChI is InChI=1S/4C12H25.C6H6O.Ti/c4*1-3-5-7-9-11-12-10-8-6-4-2;7-6-4-2-1-3-5-6;/h4*1,3-12H2,2H3;1-5,7H;/q;;;;;+1/p-1. The van der Waals surface area contributed by atoms with Crippen molar-refractivity contribution in [1.29, 1.82) is 0 Å². The molecule has 1 aromatic rings. The molecule has 1 nitrogen and oxygen atoms in total. The van der Waals surface area contributed by atoms with Crippen LogP contribution < -0.4 is 3.32 Å². The van der Waals surface area contributed by atoms with Crippen LogP contribution in [0.15, 0.2) is 30.3 Å².